The van der Waals surface area contributed by atoms with Crippen LogP contribution in [0.2, 0.25) is 0 Å². The summed E-state index contributed by atoms with van der Waals surface area (Å²) in [5.74, 6) is 0.157. The number of alkyl halides is 1. The van der Waals surface area contributed by atoms with Gasteiger partial charge in [0.05, 0.1) is 0 Å². The summed E-state index contributed by atoms with van der Waals surface area (Å²) in [6.07, 6.45) is 7.86. The van der Waals surface area contributed by atoms with E-state index < -0.39 is 0 Å². The molecular weight excluding hydrogens is 280 g/mol. The van der Waals surface area contributed by atoms with Crippen molar-refractivity contribution >= 4 is 21.8 Å². The van der Waals surface area contributed by atoms with Crippen LogP contribution in [-0.4, -0.2) is 33.7 Å². The Morgan fingerprint density at radius 3 is 2.94 bits per heavy atom. The fraction of sp³-hybridized carbons (Fsp3) is 0.538. The highest BCUT2D eigenvalue weighted by Crippen LogP contribution is 2.23. The molecule has 2 heterocycles. The quantitative estimate of drug-likeness (QED) is 0.801. The average molecular weight is 297 g/mol. The zero-order valence-electron chi connectivity index (χ0n) is 9.81. The summed E-state index contributed by atoms with van der Waals surface area (Å²) >= 11 is 3.45. The number of halogens is 1. The molecule has 0 saturated carbocycles. The van der Waals surface area contributed by atoms with Crippen molar-refractivity contribution < 1.29 is 4.79 Å². The largest absolute Gasteiger partial charge is 0.336 e. The van der Waals surface area contributed by atoms with Crippen LogP contribution in [0.3, 0.4) is 0 Å². The van der Waals surface area contributed by atoms with E-state index in [1.54, 1.807) is 24.5 Å². The van der Waals surface area contributed by atoms with Gasteiger partial charge in [-0.3, -0.25) is 9.78 Å². The predicted molar refractivity (Wildman–Crippen MR) is 71.3 cm³/mol. The second-order valence-electron chi connectivity index (χ2n) is 4.36. The minimum absolute atomic E-state index is 0.157. The molecule has 1 aliphatic rings. The van der Waals surface area contributed by atoms with E-state index in [1.807, 2.05) is 4.90 Å². The fourth-order valence-corrected chi connectivity index (χ4v) is 2.70. The summed E-state index contributed by atoms with van der Waals surface area (Å²) in [4.78, 5) is 18.3. The first-order valence-electron chi connectivity index (χ1n) is 6.10. The molecule has 17 heavy (non-hydrogen) atoms. The Kier molecular flexibility index (Phi) is 4.54. The van der Waals surface area contributed by atoms with E-state index in [-0.39, 0.29) is 5.91 Å². The highest BCUT2D eigenvalue weighted by molar-refractivity contribution is 9.09. The van der Waals surface area contributed by atoms with E-state index in [0.29, 0.717) is 6.04 Å². The molecule has 1 amide bonds. The van der Waals surface area contributed by atoms with Crippen LogP contribution in [0.5, 0.6) is 0 Å². The van der Waals surface area contributed by atoms with E-state index >= 15 is 0 Å². The highest BCUT2D eigenvalue weighted by Gasteiger charge is 2.28. The number of nitrogens with zero attached hydrogens (tertiary/aromatic N) is 2. The zero-order chi connectivity index (χ0) is 12.1. The summed E-state index contributed by atoms with van der Waals surface area (Å²) in [6.45, 7) is 0.897. The molecular formula is C13H17BrN2O. The molecule has 1 aliphatic heterocycles. The van der Waals surface area contributed by atoms with Gasteiger partial charge >= 0.3 is 0 Å². The number of carbonyl (C=O) groups is 1. The first-order chi connectivity index (χ1) is 8.33. The lowest BCUT2D eigenvalue weighted by molar-refractivity contribution is 0.0730. The Hall–Kier alpha value is -0.900. The maximum Gasteiger partial charge on any atom is 0.254 e. The molecule has 92 valence electrons. The standard InChI is InChI=1S/C13H17BrN2O/c14-7-1-3-12-4-2-10-16(12)13(17)11-5-8-15-9-6-11/h5-6,8-9,12H,1-4,7,10H2. The van der Waals surface area contributed by atoms with Crippen LogP contribution in [0.25, 0.3) is 0 Å². The molecule has 1 fully saturated rings. The number of likely N-dealkylation sites (tertiary alicyclic amines) is 1. The molecule has 4 heteroatoms. The number of aromatic nitrogens is 1. The van der Waals surface area contributed by atoms with Crippen molar-refractivity contribution in [1.29, 1.82) is 0 Å². The normalized spacial score (nSPS) is 19.6. The number of rotatable bonds is 4. The van der Waals surface area contributed by atoms with Crippen LogP contribution in [0.4, 0.5) is 0 Å². The Morgan fingerprint density at radius 1 is 1.47 bits per heavy atom. The van der Waals surface area contributed by atoms with Crippen molar-refractivity contribution in [3.63, 3.8) is 0 Å². The molecule has 1 unspecified atom stereocenters. The lowest BCUT2D eigenvalue weighted by atomic mass is 10.1. The molecule has 1 saturated heterocycles. The van der Waals surface area contributed by atoms with E-state index in [9.17, 15) is 4.79 Å². The lowest BCUT2D eigenvalue weighted by Gasteiger charge is -2.24. The van der Waals surface area contributed by atoms with Crippen molar-refractivity contribution in [3.05, 3.63) is 30.1 Å². The SMILES string of the molecule is O=C(c1ccncc1)N1CCCC1CCCBr. The van der Waals surface area contributed by atoms with Gasteiger partial charge in [-0.15, -0.1) is 0 Å². The number of hydrogen-bond donors (Lipinski definition) is 0. The van der Waals surface area contributed by atoms with Gasteiger partial charge in [0.2, 0.25) is 0 Å². The van der Waals surface area contributed by atoms with Gasteiger partial charge in [-0.2, -0.15) is 0 Å². The molecule has 0 bridgehead atoms. The molecule has 0 spiro atoms. The Bertz CT molecular complexity index is 369. The second kappa shape index (κ2) is 6.15. The van der Waals surface area contributed by atoms with Crippen LogP contribution in [-0.2, 0) is 0 Å². The molecule has 1 aromatic rings. The third kappa shape index (κ3) is 3.06. The Balaban J connectivity index is 2.03. The van der Waals surface area contributed by atoms with Gasteiger partial charge in [0.15, 0.2) is 0 Å². The van der Waals surface area contributed by atoms with Gasteiger partial charge in [-0.25, -0.2) is 0 Å². The van der Waals surface area contributed by atoms with Gasteiger partial charge in [0, 0.05) is 35.9 Å². The van der Waals surface area contributed by atoms with Crippen LogP contribution in [0.15, 0.2) is 24.5 Å². The second-order valence-corrected chi connectivity index (χ2v) is 5.15. The van der Waals surface area contributed by atoms with Crippen molar-refractivity contribution in [3.8, 4) is 0 Å². The summed E-state index contributed by atoms with van der Waals surface area (Å²) < 4.78 is 0. The van der Waals surface area contributed by atoms with Gasteiger partial charge in [0.1, 0.15) is 0 Å². The third-order valence-corrected chi connectivity index (χ3v) is 3.80. The molecule has 0 radical (unpaired) electrons. The summed E-state index contributed by atoms with van der Waals surface area (Å²) in [6, 6.07) is 4.01. The maximum absolute atomic E-state index is 12.3. The highest BCUT2D eigenvalue weighted by atomic mass is 79.9. The molecule has 1 aromatic heterocycles. The van der Waals surface area contributed by atoms with Crippen LogP contribution in [0.1, 0.15) is 36.0 Å². The average Bonchev–Trinajstić information content (AvgIpc) is 2.84. The molecule has 1 atom stereocenters. The summed E-state index contributed by atoms with van der Waals surface area (Å²) in [5, 5.41) is 1.01. The predicted octanol–water partition coefficient (Wildman–Crippen LogP) is 2.86. The zero-order valence-corrected chi connectivity index (χ0v) is 11.4. The molecule has 0 aliphatic carbocycles. The van der Waals surface area contributed by atoms with Crippen molar-refractivity contribution in [2.75, 3.05) is 11.9 Å². The Labute approximate surface area is 110 Å². The first-order valence-corrected chi connectivity index (χ1v) is 7.22. The Morgan fingerprint density at radius 2 is 2.24 bits per heavy atom. The van der Waals surface area contributed by atoms with Crippen LogP contribution < -0.4 is 0 Å². The van der Waals surface area contributed by atoms with Gasteiger partial charge in [0.25, 0.3) is 5.91 Å². The van der Waals surface area contributed by atoms with E-state index in [2.05, 4.69) is 20.9 Å². The molecule has 2 rings (SSSR count). The van der Waals surface area contributed by atoms with Crippen molar-refractivity contribution in [1.82, 2.24) is 9.88 Å². The van der Waals surface area contributed by atoms with Crippen molar-refractivity contribution in [2.24, 2.45) is 0 Å². The van der Waals surface area contributed by atoms with Crippen LogP contribution >= 0.6 is 15.9 Å². The van der Waals surface area contributed by atoms with Gasteiger partial charge in [-0.1, -0.05) is 15.9 Å². The lowest BCUT2D eigenvalue weighted by Crippen LogP contribution is -2.35. The number of carbonyl (C=O) groups excluding carboxylic acids is 1. The van der Waals surface area contributed by atoms with E-state index in [0.717, 1.165) is 43.1 Å². The number of pyridine rings is 1. The smallest absolute Gasteiger partial charge is 0.254 e. The number of hydrogen-bond acceptors (Lipinski definition) is 2. The van der Waals surface area contributed by atoms with E-state index in [4.69, 9.17) is 0 Å². The molecule has 0 N–H and O–H groups in total. The van der Waals surface area contributed by atoms with Gasteiger partial charge < -0.3 is 4.90 Å². The third-order valence-electron chi connectivity index (χ3n) is 3.24. The van der Waals surface area contributed by atoms with E-state index in [1.165, 1.54) is 0 Å². The minimum atomic E-state index is 0.157. The fourth-order valence-electron chi connectivity index (χ4n) is 2.38. The molecule has 0 aromatic carbocycles. The van der Waals surface area contributed by atoms with Crippen molar-refractivity contribution in [2.45, 2.75) is 31.7 Å². The summed E-state index contributed by atoms with van der Waals surface area (Å²) in [5.41, 5.74) is 0.755. The minimum Gasteiger partial charge on any atom is -0.336 e. The number of amides is 1. The van der Waals surface area contributed by atoms with Crippen LogP contribution in [0, 0.1) is 0 Å². The summed E-state index contributed by atoms with van der Waals surface area (Å²) in [7, 11) is 0. The monoisotopic (exact) mass is 296 g/mol. The van der Waals surface area contributed by atoms with Gasteiger partial charge in [-0.05, 0) is 37.8 Å². The first kappa shape index (κ1) is 12.6. The molecule has 3 nitrogen and oxygen atoms in total. The topological polar surface area (TPSA) is 33.2 Å². The maximum atomic E-state index is 12.3.